The number of hydrogen-bond acceptors (Lipinski definition) is 4. The molecule has 0 saturated carbocycles. The Morgan fingerprint density at radius 3 is 2.62 bits per heavy atom. The number of nitrogens with one attached hydrogen (secondary N) is 1. The number of carbonyl (C=O) groups excluding carboxylic acids is 2. The van der Waals surface area contributed by atoms with E-state index in [0.717, 1.165) is 35.1 Å². The fraction of sp³-hybridized carbons (Fsp3) is 0.192. The number of hydrogen-bond donors (Lipinski definition) is 1. The normalized spacial score (nSPS) is 14.1. The van der Waals surface area contributed by atoms with Gasteiger partial charge in [-0.2, -0.15) is 0 Å². The van der Waals surface area contributed by atoms with Crippen LogP contribution < -0.4 is 4.90 Å². The van der Waals surface area contributed by atoms with Crippen LogP contribution in [0.25, 0.3) is 22.4 Å². The first-order chi connectivity index (χ1) is 15.6. The molecule has 1 aromatic heterocycles. The summed E-state index contributed by atoms with van der Waals surface area (Å²) in [5, 5.41) is 0. The average molecular weight is 425 g/mol. The number of fused-ring (bicyclic) bond motifs is 2. The lowest BCUT2D eigenvalue weighted by molar-refractivity contribution is -0.126. The second-order valence-electron chi connectivity index (χ2n) is 7.92. The molecule has 160 valence electrons. The number of esters is 1. The van der Waals surface area contributed by atoms with Crippen molar-refractivity contribution < 1.29 is 14.3 Å². The van der Waals surface area contributed by atoms with Crippen LogP contribution in [0.4, 0.5) is 5.69 Å². The zero-order valence-electron chi connectivity index (χ0n) is 17.7. The predicted octanol–water partition coefficient (Wildman–Crippen LogP) is 4.75. The van der Waals surface area contributed by atoms with Crippen LogP contribution in [0, 0.1) is 0 Å². The van der Waals surface area contributed by atoms with Gasteiger partial charge in [-0.15, -0.1) is 0 Å². The van der Waals surface area contributed by atoms with Gasteiger partial charge >= 0.3 is 5.97 Å². The fourth-order valence-corrected chi connectivity index (χ4v) is 4.20. The monoisotopic (exact) mass is 425 g/mol. The first-order valence-corrected chi connectivity index (χ1v) is 10.8. The van der Waals surface area contributed by atoms with E-state index in [4.69, 9.17) is 4.74 Å². The van der Waals surface area contributed by atoms with Crippen LogP contribution in [-0.2, 0) is 16.0 Å². The van der Waals surface area contributed by atoms with Crippen molar-refractivity contribution in [1.29, 1.82) is 0 Å². The maximum Gasteiger partial charge on any atom is 0.339 e. The summed E-state index contributed by atoms with van der Waals surface area (Å²) in [7, 11) is 0. The van der Waals surface area contributed by atoms with E-state index >= 15 is 0 Å². The van der Waals surface area contributed by atoms with Gasteiger partial charge in [-0.05, 0) is 49.6 Å². The minimum Gasteiger partial charge on any atom is -0.449 e. The second-order valence-corrected chi connectivity index (χ2v) is 7.92. The average Bonchev–Trinajstić information content (AvgIpc) is 3.27. The second kappa shape index (κ2) is 8.30. The molecule has 32 heavy (non-hydrogen) atoms. The third kappa shape index (κ3) is 3.64. The molecule has 6 heteroatoms. The molecule has 1 aliphatic heterocycles. The molecule has 0 spiro atoms. The van der Waals surface area contributed by atoms with Crippen LogP contribution in [0.5, 0.6) is 0 Å². The van der Waals surface area contributed by atoms with Gasteiger partial charge in [-0.1, -0.05) is 48.5 Å². The van der Waals surface area contributed by atoms with Crippen molar-refractivity contribution in [3.05, 3.63) is 83.9 Å². The quantitative estimate of drug-likeness (QED) is 0.479. The fourth-order valence-electron chi connectivity index (χ4n) is 4.20. The molecule has 0 radical (unpaired) electrons. The van der Waals surface area contributed by atoms with Crippen molar-refractivity contribution in [2.24, 2.45) is 0 Å². The van der Waals surface area contributed by atoms with Gasteiger partial charge in [0.1, 0.15) is 5.82 Å². The Morgan fingerprint density at radius 2 is 1.75 bits per heavy atom. The summed E-state index contributed by atoms with van der Waals surface area (Å²) < 4.78 is 5.63. The van der Waals surface area contributed by atoms with Gasteiger partial charge in [-0.3, -0.25) is 4.79 Å². The number of amides is 1. The highest BCUT2D eigenvalue weighted by molar-refractivity contribution is 6.01. The number of rotatable bonds is 4. The number of aromatic amines is 1. The summed E-state index contributed by atoms with van der Waals surface area (Å²) in [6.07, 6.45) is 0.925. The van der Waals surface area contributed by atoms with Gasteiger partial charge in [0, 0.05) is 17.8 Å². The van der Waals surface area contributed by atoms with Crippen molar-refractivity contribution >= 4 is 28.6 Å². The Balaban J connectivity index is 1.38. The molecule has 5 rings (SSSR count). The molecule has 4 aromatic rings. The first-order valence-electron chi connectivity index (χ1n) is 10.8. The highest BCUT2D eigenvalue weighted by atomic mass is 16.5. The van der Waals surface area contributed by atoms with Crippen LogP contribution in [0.2, 0.25) is 0 Å². The standard InChI is InChI=1S/C26H23N3O3/c1-17(25(30)29-16-8-10-18-9-2-7-15-23(18)29)32-26(31)20-12-4-3-11-19(20)24-27-21-13-5-6-14-22(21)28-24/h2-7,9,11-15,17H,8,10,16H2,1H3,(H,27,28). The van der Waals surface area contributed by atoms with E-state index in [-0.39, 0.29) is 5.91 Å². The predicted molar refractivity (Wildman–Crippen MR) is 124 cm³/mol. The molecule has 0 bridgehead atoms. The molecular weight excluding hydrogens is 402 g/mol. The summed E-state index contributed by atoms with van der Waals surface area (Å²) in [6, 6.07) is 22.7. The summed E-state index contributed by atoms with van der Waals surface area (Å²) >= 11 is 0. The van der Waals surface area contributed by atoms with Gasteiger partial charge in [0.2, 0.25) is 0 Å². The van der Waals surface area contributed by atoms with E-state index in [1.165, 1.54) is 0 Å². The maximum absolute atomic E-state index is 13.1. The number of benzene rings is 3. The first kappa shape index (κ1) is 20.0. The number of imidazole rings is 1. The van der Waals surface area contributed by atoms with Crippen LogP contribution >= 0.6 is 0 Å². The number of carbonyl (C=O) groups is 2. The topological polar surface area (TPSA) is 75.3 Å². The Morgan fingerprint density at radius 1 is 1.00 bits per heavy atom. The van der Waals surface area contributed by atoms with E-state index < -0.39 is 12.1 Å². The molecule has 0 saturated heterocycles. The maximum atomic E-state index is 13.1. The molecule has 2 heterocycles. The number of nitrogens with zero attached hydrogens (tertiary/aromatic N) is 2. The molecule has 1 amide bonds. The zero-order valence-corrected chi connectivity index (χ0v) is 17.7. The number of aromatic nitrogens is 2. The van der Waals surface area contributed by atoms with Crippen molar-refractivity contribution in [3.8, 4) is 11.4 Å². The zero-order chi connectivity index (χ0) is 22.1. The van der Waals surface area contributed by atoms with Gasteiger partial charge in [0.05, 0.1) is 16.6 Å². The summed E-state index contributed by atoms with van der Waals surface area (Å²) in [5.74, 6) is -0.179. The molecule has 3 aromatic carbocycles. The van der Waals surface area contributed by atoms with Crippen molar-refractivity contribution in [1.82, 2.24) is 9.97 Å². The molecule has 0 aliphatic carbocycles. The Hall–Kier alpha value is -3.93. The van der Waals surface area contributed by atoms with E-state index in [2.05, 4.69) is 9.97 Å². The summed E-state index contributed by atoms with van der Waals surface area (Å²) in [5.41, 5.74) is 4.74. The highest BCUT2D eigenvalue weighted by Crippen LogP contribution is 2.28. The lowest BCUT2D eigenvalue weighted by Gasteiger charge is -2.31. The molecular formula is C26H23N3O3. The third-order valence-electron chi connectivity index (χ3n) is 5.80. The number of anilines is 1. The van der Waals surface area contributed by atoms with Crippen LogP contribution in [0.3, 0.4) is 0 Å². The SMILES string of the molecule is CC(OC(=O)c1ccccc1-c1nc2ccccc2[nH]1)C(=O)N1CCCc2ccccc21. The number of aryl methyl sites for hydroxylation is 1. The highest BCUT2D eigenvalue weighted by Gasteiger charge is 2.29. The molecule has 0 fully saturated rings. The van der Waals surface area contributed by atoms with Gasteiger partial charge in [-0.25, -0.2) is 9.78 Å². The van der Waals surface area contributed by atoms with Crippen LogP contribution in [-0.4, -0.2) is 34.5 Å². The Kier molecular flexibility index (Phi) is 5.19. The lowest BCUT2D eigenvalue weighted by atomic mass is 10.0. The lowest BCUT2D eigenvalue weighted by Crippen LogP contribution is -2.42. The van der Waals surface area contributed by atoms with Gasteiger partial charge in [0.15, 0.2) is 6.10 Å². The van der Waals surface area contributed by atoms with E-state index in [1.54, 1.807) is 24.0 Å². The Bertz CT molecular complexity index is 1280. The van der Waals surface area contributed by atoms with Crippen LogP contribution in [0.15, 0.2) is 72.8 Å². The van der Waals surface area contributed by atoms with Gasteiger partial charge in [0.25, 0.3) is 5.91 Å². The molecule has 6 nitrogen and oxygen atoms in total. The molecule has 1 N–H and O–H groups in total. The number of para-hydroxylation sites is 3. The number of ether oxygens (including phenoxy) is 1. The number of H-pyrrole nitrogens is 1. The van der Waals surface area contributed by atoms with E-state index in [1.807, 2.05) is 60.7 Å². The van der Waals surface area contributed by atoms with E-state index in [9.17, 15) is 9.59 Å². The van der Waals surface area contributed by atoms with Crippen molar-refractivity contribution in [2.75, 3.05) is 11.4 Å². The molecule has 1 aliphatic rings. The smallest absolute Gasteiger partial charge is 0.339 e. The van der Waals surface area contributed by atoms with Crippen LogP contribution in [0.1, 0.15) is 29.3 Å². The summed E-state index contributed by atoms with van der Waals surface area (Å²) in [4.78, 5) is 35.8. The minimum atomic E-state index is -0.905. The largest absolute Gasteiger partial charge is 0.449 e. The molecule has 1 atom stereocenters. The Labute approximate surface area is 185 Å². The third-order valence-corrected chi connectivity index (χ3v) is 5.80. The van der Waals surface area contributed by atoms with Crippen molar-refractivity contribution in [3.63, 3.8) is 0 Å². The summed E-state index contributed by atoms with van der Waals surface area (Å²) in [6.45, 7) is 2.24. The van der Waals surface area contributed by atoms with Gasteiger partial charge < -0.3 is 14.6 Å². The minimum absolute atomic E-state index is 0.216. The molecule has 1 unspecified atom stereocenters. The van der Waals surface area contributed by atoms with Crippen molar-refractivity contribution in [2.45, 2.75) is 25.9 Å². The van der Waals surface area contributed by atoms with E-state index in [0.29, 0.717) is 23.5 Å².